The van der Waals surface area contributed by atoms with Gasteiger partial charge in [0.15, 0.2) is 0 Å². The largest absolute Gasteiger partial charge is 0.339 e. The lowest BCUT2D eigenvalue weighted by molar-refractivity contribution is -0.140. The van der Waals surface area contributed by atoms with Gasteiger partial charge in [0, 0.05) is 24.3 Å². The Balaban J connectivity index is 2.63. The molecule has 0 aromatic carbocycles. The zero-order valence-electron chi connectivity index (χ0n) is 11.7. The molecule has 1 aliphatic heterocycles. The van der Waals surface area contributed by atoms with Crippen molar-refractivity contribution in [3.8, 4) is 0 Å². The number of likely N-dealkylation sites (tertiary alicyclic amines) is 1. The Bertz CT molecular complexity index is 378. The molecule has 0 aromatic heterocycles. The third-order valence-corrected chi connectivity index (χ3v) is 5.59. The van der Waals surface area contributed by atoms with E-state index in [1.54, 1.807) is 6.92 Å². The van der Waals surface area contributed by atoms with Crippen molar-refractivity contribution >= 4 is 15.7 Å². The van der Waals surface area contributed by atoms with Gasteiger partial charge in [-0.1, -0.05) is 20.8 Å². The molecule has 0 saturated carbocycles. The summed E-state index contributed by atoms with van der Waals surface area (Å²) < 4.78 is 23.1. The van der Waals surface area contributed by atoms with Gasteiger partial charge >= 0.3 is 0 Å². The van der Waals surface area contributed by atoms with E-state index in [2.05, 4.69) is 0 Å². The maximum atomic E-state index is 12.1. The van der Waals surface area contributed by atoms with Crippen molar-refractivity contribution in [1.82, 2.24) is 4.90 Å². The number of hydrogen-bond donors (Lipinski definition) is 0. The first-order valence-electron chi connectivity index (χ1n) is 6.92. The summed E-state index contributed by atoms with van der Waals surface area (Å²) in [6.07, 6.45) is 3.39. The fraction of sp³-hybridized carbons (Fsp3) is 0.923. The molecular formula is C13H25NO3S. The SMILES string of the molecule is CC[C@@H](CCS(=O)(=O)CC)N1CCCC(C)C1=O. The van der Waals surface area contributed by atoms with Crippen LogP contribution in [0.4, 0.5) is 0 Å². The third kappa shape index (κ3) is 3.97. The summed E-state index contributed by atoms with van der Waals surface area (Å²) in [5.74, 6) is 0.672. The molecule has 0 spiro atoms. The Labute approximate surface area is 111 Å². The normalized spacial score (nSPS) is 23.2. The Hall–Kier alpha value is -0.580. The highest BCUT2D eigenvalue weighted by Crippen LogP contribution is 2.22. The Morgan fingerprint density at radius 3 is 2.61 bits per heavy atom. The maximum absolute atomic E-state index is 12.1. The van der Waals surface area contributed by atoms with E-state index in [1.807, 2.05) is 18.7 Å². The van der Waals surface area contributed by atoms with Gasteiger partial charge in [0.2, 0.25) is 5.91 Å². The summed E-state index contributed by atoms with van der Waals surface area (Å²) in [4.78, 5) is 14.0. The van der Waals surface area contributed by atoms with Crippen molar-refractivity contribution < 1.29 is 13.2 Å². The van der Waals surface area contributed by atoms with Crippen LogP contribution in [-0.4, -0.2) is 43.3 Å². The molecule has 18 heavy (non-hydrogen) atoms. The molecule has 0 N–H and O–H groups in total. The van der Waals surface area contributed by atoms with Crippen molar-refractivity contribution in [2.45, 2.75) is 52.5 Å². The van der Waals surface area contributed by atoms with E-state index in [9.17, 15) is 13.2 Å². The number of carbonyl (C=O) groups excluding carboxylic acids is 1. The average molecular weight is 275 g/mol. The molecule has 106 valence electrons. The minimum Gasteiger partial charge on any atom is -0.339 e. The summed E-state index contributed by atoms with van der Waals surface area (Å²) in [7, 11) is -2.93. The first kappa shape index (κ1) is 15.5. The number of carbonyl (C=O) groups is 1. The second-order valence-electron chi connectivity index (χ2n) is 5.16. The van der Waals surface area contributed by atoms with Crippen molar-refractivity contribution in [1.29, 1.82) is 0 Å². The van der Waals surface area contributed by atoms with Crippen LogP contribution >= 0.6 is 0 Å². The van der Waals surface area contributed by atoms with Crippen LogP contribution in [0.2, 0.25) is 0 Å². The number of amides is 1. The number of rotatable bonds is 6. The summed E-state index contributed by atoms with van der Waals surface area (Å²) >= 11 is 0. The van der Waals surface area contributed by atoms with Crippen LogP contribution in [0, 0.1) is 5.92 Å². The molecule has 1 amide bonds. The zero-order valence-corrected chi connectivity index (χ0v) is 12.5. The number of piperidine rings is 1. The van der Waals surface area contributed by atoms with Crippen molar-refractivity contribution in [2.75, 3.05) is 18.1 Å². The van der Waals surface area contributed by atoms with Crippen LogP contribution in [0.15, 0.2) is 0 Å². The second-order valence-corrected chi connectivity index (χ2v) is 7.63. The predicted molar refractivity (Wildman–Crippen MR) is 73.1 cm³/mol. The fourth-order valence-corrected chi connectivity index (χ4v) is 3.41. The molecule has 0 radical (unpaired) electrons. The quantitative estimate of drug-likeness (QED) is 0.743. The second kappa shape index (κ2) is 6.55. The number of nitrogens with zero attached hydrogens (tertiary/aromatic N) is 1. The number of hydrogen-bond acceptors (Lipinski definition) is 3. The van der Waals surface area contributed by atoms with Crippen LogP contribution in [0.1, 0.15) is 46.5 Å². The molecule has 5 heteroatoms. The predicted octanol–water partition coefficient (Wildman–Crippen LogP) is 1.85. The highest BCUT2D eigenvalue weighted by molar-refractivity contribution is 7.91. The smallest absolute Gasteiger partial charge is 0.225 e. The van der Waals surface area contributed by atoms with Gasteiger partial charge in [-0.3, -0.25) is 4.79 Å². The van der Waals surface area contributed by atoms with E-state index in [0.29, 0.717) is 6.42 Å². The van der Waals surface area contributed by atoms with Gasteiger partial charge in [0.1, 0.15) is 9.84 Å². The van der Waals surface area contributed by atoms with Gasteiger partial charge in [0.05, 0.1) is 5.75 Å². The van der Waals surface area contributed by atoms with Gasteiger partial charge in [-0.05, 0) is 25.7 Å². The van der Waals surface area contributed by atoms with E-state index in [-0.39, 0.29) is 29.4 Å². The molecule has 1 rings (SSSR count). The van der Waals surface area contributed by atoms with Gasteiger partial charge in [-0.15, -0.1) is 0 Å². The average Bonchev–Trinajstić information content (AvgIpc) is 2.35. The molecule has 4 nitrogen and oxygen atoms in total. The highest BCUT2D eigenvalue weighted by Gasteiger charge is 2.30. The lowest BCUT2D eigenvalue weighted by atomic mass is 9.96. The van der Waals surface area contributed by atoms with Crippen LogP contribution in [0.3, 0.4) is 0 Å². The van der Waals surface area contributed by atoms with E-state index in [0.717, 1.165) is 25.8 Å². The van der Waals surface area contributed by atoms with Gasteiger partial charge in [-0.25, -0.2) is 8.42 Å². The zero-order chi connectivity index (χ0) is 13.8. The molecule has 0 bridgehead atoms. The van der Waals surface area contributed by atoms with Crippen molar-refractivity contribution in [3.05, 3.63) is 0 Å². The van der Waals surface area contributed by atoms with Gasteiger partial charge in [0.25, 0.3) is 0 Å². The molecule has 2 atom stereocenters. The Morgan fingerprint density at radius 2 is 2.06 bits per heavy atom. The molecule has 1 heterocycles. The summed E-state index contributed by atoms with van der Waals surface area (Å²) in [5, 5.41) is 0. The van der Waals surface area contributed by atoms with Crippen LogP contribution in [-0.2, 0) is 14.6 Å². The minimum atomic E-state index is -2.93. The minimum absolute atomic E-state index is 0.0848. The van der Waals surface area contributed by atoms with E-state index in [4.69, 9.17) is 0 Å². The van der Waals surface area contributed by atoms with E-state index in [1.165, 1.54) is 0 Å². The molecule has 0 aromatic rings. The number of sulfone groups is 1. The lowest BCUT2D eigenvalue weighted by Gasteiger charge is -2.37. The van der Waals surface area contributed by atoms with Crippen LogP contribution in [0.5, 0.6) is 0 Å². The van der Waals surface area contributed by atoms with E-state index < -0.39 is 9.84 Å². The first-order valence-corrected chi connectivity index (χ1v) is 8.74. The fourth-order valence-electron chi connectivity index (χ4n) is 2.49. The molecular weight excluding hydrogens is 250 g/mol. The summed E-state index contributed by atoms with van der Waals surface area (Å²) in [6, 6.07) is 0.0848. The molecule has 1 fully saturated rings. The third-order valence-electron chi connectivity index (χ3n) is 3.85. The van der Waals surface area contributed by atoms with Gasteiger partial charge < -0.3 is 4.90 Å². The summed E-state index contributed by atoms with van der Waals surface area (Å²) in [6.45, 7) is 6.44. The maximum Gasteiger partial charge on any atom is 0.225 e. The molecule has 1 unspecified atom stereocenters. The lowest BCUT2D eigenvalue weighted by Crippen LogP contribution is -2.47. The topological polar surface area (TPSA) is 54.5 Å². The summed E-state index contributed by atoms with van der Waals surface area (Å²) in [5.41, 5.74) is 0. The standard InChI is InChI=1S/C13H25NO3S/c1-4-12(8-10-18(16,17)5-2)14-9-6-7-11(3)13(14)15/h11-12H,4-10H2,1-3H3/t11?,12-/m0/s1. The first-order chi connectivity index (χ1) is 8.41. The Kier molecular flexibility index (Phi) is 5.63. The molecule has 1 aliphatic rings. The van der Waals surface area contributed by atoms with Crippen molar-refractivity contribution in [2.24, 2.45) is 5.92 Å². The Morgan fingerprint density at radius 1 is 1.39 bits per heavy atom. The monoisotopic (exact) mass is 275 g/mol. The molecule has 1 saturated heterocycles. The molecule has 0 aliphatic carbocycles. The van der Waals surface area contributed by atoms with E-state index >= 15 is 0 Å². The van der Waals surface area contributed by atoms with Crippen molar-refractivity contribution in [3.63, 3.8) is 0 Å². The highest BCUT2D eigenvalue weighted by atomic mass is 32.2. The van der Waals surface area contributed by atoms with Crippen LogP contribution in [0.25, 0.3) is 0 Å². The van der Waals surface area contributed by atoms with Gasteiger partial charge in [-0.2, -0.15) is 0 Å². The van der Waals surface area contributed by atoms with Crippen LogP contribution < -0.4 is 0 Å².